The highest BCUT2D eigenvalue weighted by Gasteiger charge is 2.07. The predicted molar refractivity (Wildman–Crippen MR) is 79.5 cm³/mol. The highest BCUT2D eigenvalue weighted by Crippen LogP contribution is 2.26. The Morgan fingerprint density at radius 2 is 2.16 bits per heavy atom. The number of aliphatic hydroxyl groups is 1. The molecule has 19 heavy (non-hydrogen) atoms. The standard InChI is InChI=1S/C15H18BrNO2/c1-3-14(18)12-6-7-17(10-12)9-11-4-5-15(19-2)13(16)8-11/h4-8,10,14,18H,3,9H2,1-2H3. The van der Waals surface area contributed by atoms with Gasteiger partial charge in [-0.05, 0) is 51.7 Å². The van der Waals surface area contributed by atoms with E-state index in [4.69, 9.17) is 4.74 Å². The molecular formula is C15H18BrNO2. The zero-order chi connectivity index (χ0) is 13.8. The van der Waals surface area contributed by atoms with E-state index in [1.807, 2.05) is 37.5 Å². The lowest BCUT2D eigenvalue weighted by Crippen LogP contribution is -1.98. The molecule has 0 amide bonds. The summed E-state index contributed by atoms with van der Waals surface area (Å²) in [5, 5.41) is 9.78. The van der Waals surface area contributed by atoms with Gasteiger partial charge in [-0.3, -0.25) is 0 Å². The van der Waals surface area contributed by atoms with E-state index in [0.717, 1.165) is 28.8 Å². The van der Waals surface area contributed by atoms with Crippen molar-refractivity contribution < 1.29 is 9.84 Å². The van der Waals surface area contributed by atoms with Crippen molar-refractivity contribution in [3.63, 3.8) is 0 Å². The lowest BCUT2D eigenvalue weighted by molar-refractivity contribution is 0.173. The van der Waals surface area contributed by atoms with Crippen molar-refractivity contribution in [1.82, 2.24) is 4.57 Å². The minimum Gasteiger partial charge on any atom is -0.496 e. The van der Waals surface area contributed by atoms with Crippen LogP contribution >= 0.6 is 15.9 Å². The van der Waals surface area contributed by atoms with Gasteiger partial charge in [-0.25, -0.2) is 0 Å². The first-order valence-electron chi connectivity index (χ1n) is 6.30. The number of aliphatic hydroxyl groups excluding tert-OH is 1. The average molecular weight is 324 g/mol. The number of methoxy groups -OCH3 is 1. The summed E-state index contributed by atoms with van der Waals surface area (Å²) in [5.41, 5.74) is 2.15. The maximum Gasteiger partial charge on any atom is 0.133 e. The van der Waals surface area contributed by atoms with Crippen LogP contribution < -0.4 is 4.74 Å². The molecule has 0 fully saturated rings. The number of ether oxygens (including phenoxy) is 1. The van der Waals surface area contributed by atoms with Crippen molar-refractivity contribution in [2.75, 3.05) is 7.11 Å². The molecule has 1 aromatic carbocycles. The fourth-order valence-electron chi connectivity index (χ4n) is 2.01. The molecule has 4 heteroatoms. The summed E-state index contributed by atoms with van der Waals surface area (Å²) >= 11 is 3.49. The van der Waals surface area contributed by atoms with Crippen LogP contribution in [0.15, 0.2) is 41.1 Å². The van der Waals surface area contributed by atoms with E-state index >= 15 is 0 Å². The molecule has 1 atom stereocenters. The highest BCUT2D eigenvalue weighted by molar-refractivity contribution is 9.10. The first-order chi connectivity index (χ1) is 9.13. The SMILES string of the molecule is CCC(O)c1ccn(Cc2ccc(OC)c(Br)c2)c1. The lowest BCUT2D eigenvalue weighted by atomic mass is 10.1. The van der Waals surface area contributed by atoms with E-state index < -0.39 is 0 Å². The Bertz CT molecular complexity index is 551. The molecule has 1 aromatic heterocycles. The second-order valence-electron chi connectivity index (χ2n) is 4.51. The van der Waals surface area contributed by atoms with E-state index in [-0.39, 0.29) is 6.10 Å². The van der Waals surface area contributed by atoms with Gasteiger partial charge in [-0.1, -0.05) is 13.0 Å². The molecule has 0 spiro atoms. The van der Waals surface area contributed by atoms with E-state index in [1.54, 1.807) is 7.11 Å². The number of benzene rings is 1. The molecule has 1 heterocycles. The number of nitrogens with zero attached hydrogens (tertiary/aromatic N) is 1. The third-order valence-corrected chi connectivity index (χ3v) is 3.75. The maximum absolute atomic E-state index is 9.78. The van der Waals surface area contributed by atoms with Crippen LogP contribution in [0.5, 0.6) is 5.75 Å². The van der Waals surface area contributed by atoms with Crippen LogP contribution in [0.1, 0.15) is 30.6 Å². The molecule has 0 saturated heterocycles. The van der Waals surface area contributed by atoms with Crippen LogP contribution in [0, 0.1) is 0 Å². The van der Waals surface area contributed by atoms with Crippen LogP contribution in [-0.2, 0) is 6.54 Å². The molecule has 0 aliphatic carbocycles. The Morgan fingerprint density at radius 3 is 2.79 bits per heavy atom. The number of rotatable bonds is 5. The van der Waals surface area contributed by atoms with E-state index in [2.05, 4.69) is 26.6 Å². The minimum atomic E-state index is -0.371. The second-order valence-corrected chi connectivity index (χ2v) is 5.36. The van der Waals surface area contributed by atoms with Gasteiger partial charge >= 0.3 is 0 Å². The Labute approximate surface area is 122 Å². The fourth-order valence-corrected chi connectivity index (χ4v) is 2.60. The van der Waals surface area contributed by atoms with Crippen molar-refractivity contribution in [3.8, 4) is 5.75 Å². The van der Waals surface area contributed by atoms with Crippen molar-refractivity contribution in [2.45, 2.75) is 26.0 Å². The third kappa shape index (κ3) is 3.39. The van der Waals surface area contributed by atoms with Crippen LogP contribution in [0.25, 0.3) is 0 Å². The summed E-state index contributed by atoms with van der Waals surface area (Å²) in [7, 11) is 1.66. The summed E-state index contributed by atoms with van der Waals surface area (Å²) in [4.78, 5) is 0. The van der Waals surface area contributed by atoms with E-state index in [9.17, 15) is 5.11 Å². The highest BCUT2D eigenvalue weighted by atomic mass is 79.9. The lowest BCUT2D eigenvalue weighted by Gasteiger charge is -2.08. The number of aromatic nitrogens is 1. The monoisotopic (exact) mass is 323 g/mol. The number of hydrogen-bond acceptors (Lipinski definition) is 2. The predicted octanol–water partition coefficient (Wildman–Crippen LogP) is 3.75. The summed E-state index contributed by atoms with van der Waals surface area (Å²) in [6.07, 6.45) is 4.35. The molecule has 0 saturated carbocycles. The average Bonchev–Trinajstić information content (AvgIpc) is 2.86. The molecule has 2 aromatic rings. The van der Waals surface area contributed by atoms with E-state index in [1.165, 1.54) is 5.56 Å². The molecule has 0 aliphatic rings. The summed E-state index contributed by atoms with van der Waals surface area (Å²) in [6, 6.07) is 8.01. The van der Waals surface area contributed by atoms with Crippen LogP contribution in [0.2, 0.25) is 0 Å². The fraction of sp³-hybridized carbons (Fsp3) is 0.333. The second kappa shape index (κ2) is 6.26. The van der Waals surface area contributed by atoms with Gasteiger partial charge in [0.15, 0.2) is 0 Å². The normalized spacial score (nSPS) is 12.4. The van der Waals surface area contributed by atoms with Crippen molar-refractivity contribution in [3.05, 3.63) is 52.3 Å². The van der Waals surface area contributed by atoms with Gasteiger partial charge in [-0.15, -0.1) is 0 Å². The topological polar surface area (TPSA) is 34.4 Å². The van der Waals surface area contributed by atoms with Crippen molar-refractivity contribution in [1.29, 1.82) is 0 Å². The maximum atomic E-state index is 9.78. The molecule has 1 unspecified atom stereocenters. The number of halogens is 1. The number of hydrogen-bond donors (Lipinski definition) is 1. The first-order valence-corrected chi connectivity index (χ1v) is 7.09. The first kappa shape index (κ1) is 14.2. The van der Waals surface area contributed by atoms with E-state index in [0.29, 0.717) is 0 Å². The Morgan fingerprint density at radius 1 is 1.37 bits per heavy atom. The zero-order valence-corrected chi connectivity index (χ0v) is 12.7. The Kier molecular flexibility index (Phi) is 4.66. The molecule has 0 radical (unpaired) electrons. The van der Waals surface area contributed by atoms with Gasteiger partial charge < -0.3 is 14.4 Å². The van der Waals surface area contributed by atoms with Gasteiger partial charge in [0.25, 0.3) is 0 Å². The third-order valence-electron chi connectivity index (χ3n) is 3.13. The van der Waals surface area contributed by atoms with Crippen molar-refractivity contribution in [2.24, 2.45) is 0 Å². The molecule has 3 nitrogen and oxygen atoms in total. The summed E-state index contributed by atoms with van der Waals surface area (Å²) in [6.45, 7) is 2.75. The smallest absolute Gasteiger partial charge is 0.133 e. The van der Waals surface area contributed by atoms with Gasteiger partial charge in [0.1, 0.15) is 5.75 Å². The molecular weight excluding hydrogens is 306 g/mol. The van der Waals surface area contributed by atoms with Gasteiger partial charge in [-0.2, -0.15) is 0 Å². The Balaban J connectivity index is 2.12. The Hall–Kier alpha value is -1.26. The summed E-state index contributed by atoms with van der Waals surface area (Å²) in [5.74, 6) is 0.832. The molecule has 2 rings (SSSR count). The molecule has 0 aliphatic heterocycles. The van der Waals surface area contributed by atoms with Crippen LogP contribution in [0.4, 0.5) is 0 Å². The van der Waals surface area contributed by atoms with Gasteiger partial charge in [0.05, 0.1) is 17.7 Å². The quantitative estimate of drug-likeness (QED) is 0.909. The van der Waals surface area contributed by atoms with Crippen molar-refractivity contribution >= 4 is 15.9 Å². The minimum absolute atomic E-state index is 0.371. The largest absolute Gasteiger partial charge is 0.496 e. The van der Waals surface area contributed by atoms with Crippen LogP contribution in [-0.4, -0.2) is 16.8 Å². The van der Waals surface area contributed by atoms with Gasteiger partial charge in [0.2, 0.25) is 0 Å². The van der Waals surface area contributed by atoms with Crippen LogP contribution in [0.3, 0.4) is 0 Å². The molecule has 1 N–H and O–H groups in total. The van der Waals surface area contributed by atoms with Gasteiger partial charge in [0, 0.05) is 18.9 Å². The molecule has 102 valence electrons. The molecule has 0 bridgehead atoms. The zero-order valence-electron chi connectivity index (χ0n) is 11.1. The summed E-state index contributed by atoms with van der Waals surface area (Å²) < 4.78 is 8.24.